The number of hydrogen-bond acceptors (Lipinski definition) is 4. The maximum absolute atomic E-state index is 12.3. The number of halogens is 1. The summed E-state index contributed by atoms with van der Waals surface area (Å²) in [6, 6.07) is 4.97. The SMILES string of the molecule is CN(Cc1cc(N)ccc1Cl)S(=O)(=O)c1cn(C)cn1. The van der Waals surface area contributed by atoms with E-state index in [1.165, 1.54) is 23.9 Å². The summed E-state index contributed by atoms with van der Waals surface area (Å²) >= 11 is 6.04. The highest BCUT2D eigenvalue weighted by Gasteiger charge is 2.24. The minimum atomic E-state index is -3.64. The van der Waals surface area contributed by atoms with Crippen molar-refractivity contribution < 1.29 is 8.42 Å². The van der Waals surface area contributed by atoms with E-state index >= 15 is 0 Å². The molecule has 20 heavy (non-hydrogen) atoms. The predicted octanol–water partition coefficient (Wildman–Crippen LogP) is 1.48. The smallest absolute Gasteiger partial charge is 0.262 e. The summed E-state index contributed by atoms with van der Waals surface area (Å²) in [6.45, 7) is 0.128. The minimum absolute atomic E-state index is 0.00234. The second-order valence-electron chi connectivity index (χ2n) is 4.49. The Balaban J connectivity index is 2.27. The Morgan fingerprint density at radius 1 is 1.45 bits per heavy atom. The highest BCUT2D eigenvalue weighted by atomic mass is 35.5. The highest BCUT2D eigenvalue weighted by molar-refractivity contribution is 7.89. The van der Waals surface area contributed by atoms with E-state index in [4.69, 9.17) is 17.3 Å². The van der Waals surface area contributed by atoms with Crippen LogP contribution in [0.4, 0.5) is 5.69 Å². The molecule has 1 aromatic heterocycles. The van der Waals surface area contributed by atoms with Crippen LogP contribution in [0.5, 0.6) is 0 Å². The minimum Gasteiger partial charge on any atom is -0.399 e. The summed E-state index contributed by atoms with van der Waals surface area (Å²) in [5.41, 5.74) is 6.87. The number of rotatable bonds is 4. The Kier molecular flexibility index (Phi) is 4.03. The van der Waals surface area contributed by atoms with Crippen LogP contribution in [0, 0.1) is 0 Å². The third-order valence-electron chi connectivity index (χ3n) is 2.82. The normalized spacial score (nSPS) is 12.0. The average Bonchev–Trinajstić information content (AvgIpc) is 2.81. The number of hydrogen-bond donors (Lipinski definition) is 1. The van der Waals surface area contributed by atoms with Crippen molar-refractivity contribution >= 4 is 27.3 Å². The summed E-state index contributed by atoms with van der Waals surface area (Å²) in [4.78, 5) is 3.87. The average molecular weight is 315 g/mol. The first-order valence-corrected chi connectivity index (χ1v) is 7.60. The first-order chi connectivity index (χ1) is 9.30. The van der Waals surface area contributed by atoms with Crippen molar-refractivity contribution in [3.8, 4) is 0 Å². The fourth-order valence-corrected chi connectivity index (χ4v) is 3.01. The van der Waals surface area contributed by atoms with Crippen LogP contribution >= 0.6 is 11.6 Å². The number of sulfonamides is 1. The van der Waals surface area contributed by atoms with Crippen LogP contribution < -0.4 is 5.73 Å². The topological polar surface area (TPSA) is 81.2 Å². The number of anilines is 1. The zero-order valence-electron chi connectivity index (χ0n) is 11.1. The Morgan fingerprint density at radius 2 is 2.15 bits per heavy atom. The van der Waals surface area contributed by atoms with Gasteiger partial charge in [0.1, 0.15) is 0 Å². The number of benzene rings is 1. The third-order valence-corrected chi connectivity index (χ3v) is 4.88. The number of nitrogens with zero attached hydrogens (tertiary/aromatic N) is 3. The molecule has 6 nitrogen and oxygen atoms in total. The van der Waals surface area contributed by atoms with E-state index in [0.29, 0.717) is 16.3 Å². The largest absolute Gasteiger partial charge is 0.399 e. The van der Waals surface area contributed by atoms with Gasteiger partial charge in [0.05, 0.1) is 6.33 Å². The summed E-state index contributed by atoms with van der Waals surface area (Å²) < 4.78 is 27.4. The van der Waals surface area contributed by atoms with Crippen LogP contribution in [-0.4, -0.2) is 29.3 Å². The molecule has 2 rings (SSSR count). The van der Waals surface area contributed by atoms with Gasteiger partial charge in [-0.1, -0.05) is 11.6 Å². The van der Waals surface area contributed by atoms with Crippen LogP contribution in [0.3, 0.4) is 0 Å². The number of aryl methyl sites for hydroxylation is 1. The third kappa shape index (κ3) is 2.95. The van der Waals surface area contributed by atoms with Crippen molar-refractivity contribution in [1.29, 1.82) is 0 Å². The zero-order valence-corrected chi connectivity index (χ0v) is 12.7. The van der Waals surface area contributed by atoms with Gasteiger partial charge in [0, 0.05) is 37.5 Å². The molecule has 1 aromatic carbocycles. The molecule has 8 heteroatoms. The molecule has 0 spiro atoms. The monoisotopic (exact) mass is 314 g/mol. The Bertz CT molecular complexity index is 727. The van der Waals surface area contributed by atoms with Gasteiger partial charge in [-0.25, -0.2) is 13.4 Å². The lowest BCUT2D eigenvalue weighted by Crippen LogP contribution is -2.27. The van der Waals surface area contributed by atoms with Crippen LogP contribution in [0.25, 0.3) is 0 Å². The molecule has 108 valence electrons. The lowest BCUT2D eigenvalue weighted by Gasteiger charge is -2.16. The molecule has 0 amide bonds. The van der Waals surface area contributed by atoms with E-state index in [9.17, 15) is 8.42 Å². The van der Waals surface area contributed by atoms with Gasteiger partial charge in [-0.15, -0.1) is 0 Å². The molecule has 1 heterocycles. The Morgan fingerprint density at radius 3 is 2.75 bits per heavy atom. The van der Waals surface area contributed by atoms with Gasteiger partial charge in [0.15, 0.2) is 5.03 Å². The Labute approximate surface area is 122 Å². The van der Waals surface area contributed by atoms with Gasteiger partial charge in [0.25, 0.3) is 10.0 Å². The molecule has 0 saturated heterocycles. The predicted molar refractivity (Wildman–Crippen MR) is 77.7 cm³/mol. The van der Waals surface area contributed by atoms with Gasteiger partial charge < -0.3 is 10.3 Å². The second-order valence-corrected chi connectivity index (χ2v) is 6.89. The lowest BCUT2D eigenvalue weighted by molar-refractivity contribution is 0.464. The summed E-state index contributed by atoms with van der Waals surface area (Å²) in [5, 5.41) is 0.477. The molecule has 0 aliphatic rings. The fraction of sp³-hybridized carbons (Fsp3) is 0.250. The maximum atomic E-state index is 12.3. The number of aromatic nitrogens is 2. The van der Waals surface area contributed by atoms with E-state index in [-0.39, 0.29) is 11.6 Å². The molecule has 2 N–H and O–H groups in total. The number of nitrogen functional groups attached to an aromatic ring is 1. The van der Waals surface area contributed by atoms with Crippen molar-refractivity contribution in [2.75, 3.05) is 12.8 Å². The van der Waals surface area contributed by atoms with Gasteiger partial charge in [-0.3, -0.25) is 0 Å². The van der Waals surface area contributed by atoms with Crippen molar-refractivity contribution in [2.45, 2.75) is 11.6 Å². The molecule has 0 bridgehead atoms. The number of nitrogens with two attached hydrogens (primary N) is 1. The zero-order chi connectivity index (χ0) is 14.9. The van der Waals surface area contributed by atoms with Crippen molar-refractivity contribution in [2.24, 2.45) is 7.05 Å². The van der Waals surface area contributed by atoms with Crippen molar-refractivity contribution in [3.63, 3.8) is 0 Å². The quantitative estimate of drug-likeness (QED) is 0.867. The molecule has 0 aliphatic carbocycles. The molecule has 0 unspecified atom stereocenters. The number of imidazole rings is 1. The first kappa shape index (κ1) is 14.8. The molecule has 0 atom stereocenters. The molecule has 0 radical (unpaired) electrons. The molecule has 2 aromatic rings. The summed E-state index contributed by atoms with van der Waals surface area (Å²) in [5.74, 6) is 0. The van der Waals surface area contributed by atoms with E-state index < -0.39 is 10.0 Å². The van der Waals surface area contributed by atoms with Gasteiger partial charge in [-0.05, 0) is 23.8 Å². The maximum Gasteiger partial charge on any atom is 0.262 e. The van der Waals surface area contributed by atoms with Crippen molar-refractivity contribution in [3.05, 3.63) is 41.3 Å². The van der Waals surface area contributed by atoms with Crippen LogP contribution in [-0.2, 0) is 23.6 Å². The van der Waals surface area contributed by atoms with Gasteiger partial charge in [0.2, 0.25) is 0 Å². The standard InChI is InChI=1S/C12H15ClN4O2S/c1-16-7-12(15-8-16)20(18,19)17(2)6-9-5-10(14)3-4-11(9)13/h3-5,7-8H,6,14H2,1-2H3. The molecule has 0 saturated carbocycles. The van der Waals surface area contributed by atoms with E-state index in [0.717, 1.165) is 0 Å². The molecule has 0 aliphatic heterocycles. The summed E-state index contributed by atoms with van der Waals surface area (Å²) in [7, 11) is -0.459. The van der Waals surface area contributed by atoms with E-state index in [1.54, 1.807) is 29.8 Å². The highest BCUT2D eigenvalue weighted by Crippen LogP contribution is 2.22. The van der Waals surface area contributed by atoms with Gasteiger partial charge >= 0.3 is 0 Å². The second kappa shape index (κ2) is 5.43. The van der Waals surface area contributed by atoms with Crippen LogP contribution in [0.2, 0.25) is 5.02 Å². The van der Waals surface area contributed by atoms with E-state index in [1.807, 2.05) is 0 Å². The molecular weight excluding hydrogens is 300 g/mol. The summed E-state index contributed by atoms with van der Waals surface area (Å²) in [6.07, 6.45) is 2.89. The Hall–Kier alpha value is -1.57. The first-order valence-electron chi connectivity index (χ1n) is 5.79. The van der Waals surface area contributed by atoms with Crippen LogP contribution in [0.1, 0.15) is 5.56 Å². The molecule has 0 fully saturated rings. The lowest BCUT2D eigenvalue weighted by atomic mass is 10.2. The van der Waals surface area contributed by atoms with Gasteiger partial charge in [-0.2, -0.15) is 4.31 Å². The van der Waals surface area contributed by atoms with E-state index in [2.05, 4.69) is 4.98 Å². The fourth-order valence-electron chi connectivity index (χ4n) is 1.72. The molecular formula is C12H15ClN4O2S. The van der Waals surface area contributed by atoms with Crippen molar-refractivity contribution in [1.82, 2.24) is 13.9 Å². The van der Waals surface area contributed by atoms with Crippen LogP contribution in [0.15, 0.2) is 35.7 Å².